The predicted octanol–water partition coefficient (Wildman–Crippen LogP) is 4.22. The third-order valence-electron chi connectivity index (χ3n) is 5.89. The molecule has 1 aliphatic carbocycles. The predicted molar refractivity (Wildman–Crippen MR) is 123 cm³/mol. The van der Waals surface area contributed by atoms with Crippen LogP contribution >= 0.6 is 0 Å². The Bertz CT molecular complexity index is 982. The van der Waals surface area contributed by atoms with Gasteiger partial charge in [0.2, 0.25) is 5.95 Å². The molecule has 158 valence electrons. The van der Waals surface area contributed by atoms with E-state index in [9.17, 15) is 0 Å². The average molecular weight is 406 g/mol. The van der Waals surface area contributed by atoms with Gasteiger partial charge >= 0.3 is 0 Å². The summed E-state index contributed by atoms with van der Waals surface area (Å²) in [6, 6.07) is 15.7. The minimum absolute atomic E-state index is 0.427. The summed E-state index contributed by atoms with van der Waals surface area (Å²) in [6.07, 6.45) is 6.32. The summed E-state index contributed by atoms with van der Waals surface area (Å²) in [5.41, 5.74) is 1.21. The first-order valence-corrected chi connectivity index (χ1v) is 10.7. The minimum Gasteiger partial charge on any atom is -0.496 e. The molecule has 1 saturated carbocycles. The van der Waals surface area contributed by atoms with Gasteiger partial charge in [0.1, 0.15) is 11.6 Å². The highest BCUT2D eigenvalue weighted by molar-refractivity contribution is 5.85. The van der Waals surface area contributed by atoms with Crippen molar-refractivity contribution in [2.45, 2.75) is 44.3 Å². The third kappa shape index (κ3) is 4.82. The Morgan fingerprint density at radius 1 is 1.00 bits per heavy atom. The molecular formula is C24H31N5O. The lowest BCUT2D eigenvalue weighted by Gasteiger charge is -2.30. The quantitative estimate of drug-likeness (QED) is 0.614. The Morgan fingerprint density at radius 3 is 2.40 bits per heavy atom. The number of aromatic nitrogens is 2. The van der Waals surface area contributed by atoms with Crippen LogP contribution in [0.25, 0.3) is 10.8 Å². The number of ether oxygens (including phenoxy) is 1. The molecule has 0 bridgehead atoms. The van der Waals surface area contributed by atoms with Crippen molar-refractivity contribution >= 4 is 22.5 Å². The lowest BCUT2D eigenvalue weighted by Crippen LogP contribution is -2.37. The monoisotopic (exact) mass is 405 g/mol. The van der Waals surface area contributed by atoms with Crippen molar-refractivity contribution in [3.05, 3.63) is 54.2 Å². The molecule has 1 aliphatic rings. The minimum atomic E-state index is 0.427. The van der Waals surface area contributed by atoms with Crippen molar-refractivity contribution in [2.24, 2.45) is 0 Å². The highest BCUT2D eigenvalue weighted by atomic mass is 16.5. The molecule has 3 aromatic rings. The van der Waals surface area contributed by atoms with Crippen LogP contribution in [0.1, 0.15) is 31.2 Å². The summed E-state index contributed by atoms with van der Waals surface area (Å²) in [7, 11) is 5.74. The Morgan fingerprint density at radius 2 is 1.70 bits per heavy atom. The van der Waals surface area contributed by atoms with E-state index in [1.807, 2.05) is 31.3 Å². The number of nitrogens with zero attached hydrogens (tertiary/aromatic N) is 3. The van der Waals surface area contributed by atoms with Crippen molar-refractivity contribution in [2.75, 3.05) is 31.4 Å². The van der Waals surface area contributed by atoms with Gasteiger partial charge in [-0.25, -0.2) is 4.98 Å². The smallest absolute Gasteiger partial charge is 0.224 e. The van der Waals surface area contributed by atoms with Crippen molar-refractivity contribution in [1.29, 1.82) is 0 Å². The van der Waals surface area contributed by atoms with Gasteiger partial charge < -0.3 is 20.3 Å². The van der Waals surface area contributed by atoms with E-state index in [0.29, 0.717) is 12.1 Å². The second-order valence-corrected chi connectivity index (χ2v) is 8.22. The fourth-order valence-electron chi connectivity index (χ4n) is 4.14. The molecule has 6 heteroatoms. The number of methoxy groups -OCH3 is 1. The van der Waals surface area contributed by atoms with E-state index < -0.39 is 0 Å². The first-order chi connectivity index (χ1) is 14.6. The SMILES string of the molecule is COc1cc2ccccc2cc1CNC1CCC(Nc2nccc(N(C)C)n2)CC1. The van der Waals surface area contributed by atoms with E-state index in [-0.39, 0.29) is 0 Å². The van der Waals surface area contributed by atoms with Crippen LogP contribution in [0.4, 0.5) is 11.8 Å². The van der Waals surface area contributed by atoms with Gasteiger partial charge in [-0.2, -0.15) is 4.98 Å². The van der Waals surface area contributed by atoms with Gasteiger partial charge in [0.05, 0.1) is 7.11 Å². The van der Waals surface area contributed by atoms with Crippen LogP contribution in [0, 0.1) is 0 Å². The molecule has 2 aromatic carbocycles. The van der Waals surface area contributed by atoms with Crippen LogP contribution < -0.4 is 20.3 Å². The molecule has 0 unspecified atom stereocenters. The zero-order valence-corrected chi connectivity index (χ0v) is 18.1. The van der Waals surface area contributed by atoms with Crippen LogP contribution in [0.3, 0.4) is 0 Å². The second kappa shape index (κ2) is 9.30. The summed E-state index contributed by atoms with van der Waals surface area (Å²) in [6.45, 7) is 0.824. The summed E-state index contributed by atoms with van der Waals surface area (Å²) in [4.78, 5) is 11.0. The zero-order valence-electron chi connectivity index (χ0n) is 18.1. The number of rotatable bonds is 7. The lowest BCUT2D eigenvalue weighted by atomic mass is 9.91. The molecule has 30 heavy (non-hydrogen) atoms. The molecule has 0 spiro atoms. The van der Waals surface area contributed by atoms with Crippen LogP contribution in [0.2, 0.25) is 0 Å². The Hall–Kier alpha value is -2.86. The summed E-state index contributed by atoms with van der Waals surface area (Å²) in [5.74, 6) is 2.60. The average Bonchev–Trinajstić information content (AvgIpc) is 2.78. The van der Waals surface area contributed by atoms with Gasteiger partial charge in [-0.15, -0.1) is 0 Å². The first kappa shape index (κ1) is 20.4. The molecular weight excluding hydrogens is 374 g/mol. The molecule has 0 amide bonds. The van der Waals surface area contributed by atoms with Gasteiger partial charge in [0.25, 0.3) is 0 Å². The first-order valence-electron chi connectivity index (χ1n) is 10.7. The molecule has 1 fully saturated rings. The van der Waals surface area contributed by atoms with E-state index in [1.165, 1.54) is 16.3 Å². The number of hydrogen-bond acceptors (Lipinski definition) is 6. The van der Waals surface area contributed by atoms with Crippen molar-refractivity contribution in [3.63, 3.8) is 0 Å². The molecule has 1 heterocycles. The zero-order chi connectivity index (χ0) is 20.9. The summed E-state index contributed by atoms with van der Waals surface area (Å²) < 4.78 is 5.64. The fourth-order valence-corrected chi connectivity index (χ4v) is 4.14. The Balaban J connectivity index is 1.31. The maximum absolute atomic E-state index is 5.64. The number of anilines is 2. The second-order valence-electron chi connectivity index (χ2n) is 8.22. The van der Waals surface area contributed by atoms with Crippen molar-refractivity contribution in [3.8, 4) is 5.75 Å². The lowest BCUT2D eigenvalue weighted by molar-refractivity contribution is 0.348. The Labute approximate surface area is 178 Å². The largest absolute Gasteiger partial charge is 0.496 e. The number of fused-ring (bicyclic) bond motifs is 1. The van der Waals surface area contributed by atoms with Gasteiger partial charge in [-0.3, -0.25) is 0 Å². The van der Waals surface area contributed by atoms with Crippen molar-refractivity contribution in [1.82, 2.24) is 15.3 Å². The molecule has 0 saturated heterocycles. The number of hydrogen-bond donors (Lipinski definition) is 2. The van der Waals surface area contributed by atoms with Gasteiger partial charge in [-0.05, 0) is 54.7 Å². The van der Waals surface area contributed by atoms with Crippen LogP contribution in [-0.2, 0) is 6.54 Å². The van der Waals surface area contributed by atoms with E-state index >= 15 is 0 Å². The maximum Gasteiger partial charge on any atom is 0.224 e. The summed E-state index contributed by atoms with van der Waals surface area (Å²) >= 11 is 0. The van der Waals surface area contributed by atoms with E-state index in [1.54, 1.807) is 7.11 Å². The highest BCUT2D eigenvalue weighted by Crippen LogP contribution is 2.27. The standard InChI is InChI=1S/C24H31N5O/c1-29(2)23-12-13-25-24(28-23)27-21-10-8-20(9-11-21)26-16-19-14-17-6-4-5-7-18(17)15-22(19)30-3/h4-7,12-15,20-21,26H,8-11,16H2,1-3H3,(H,25,27,28). The summed E-state index contributed by atoms with van der Waals surface area (Å²) in [5, 5.41) is 9.72. The van der Waals surface area contributed by atoms with Crippen LogP contribution in [0.5, 0.6) is 5.75 Å². The van der Waals surface area contributed by atoms with Gasteiger partial charge in [0.15, 0.2) is 0 Å². The van der Waals surface area contributed by atoms with Crippen molar-refractivity contribution < 1.29 is 4.74 Å². The molecule has 1 aromatic heterocycles. The van der Waals surface area contributed by atoms with Crippen LogP contribution in [-0.4, -0.2) is 43.3 Å². The number of benzene rings is 2. The fraction of sp³-hybridized carbons (Fsp3) is 0.417. The third-order valence-corrected chi connectivity index (χ3v) is 5.89. The van der Waals surface area contributed by atoms with E-state index in [4.69, 9.17) is 4.74 Å². The molecule has 0 aliphatic heterocycles. The van der Waals surface area contributed by atoms with Crippen LogP contribution in [0.15, 0.2) is 48.7 Å². The maximum atomic E-state index is 5.64. The topological polar surface area (TPSA) is 62.3 Å². The molecule has 4 rings (SSSR count). The normalized spacial score (nSPS) is 18.9. The van der Waals surface area contributed by atoms with Gasteiger partial charge in [-0.1, -0.05) is 24.3 Å². The molecule has 0 atom stereocenters. The van der Waals surface area contributed by atoms with E-state index in [2.05, 4.69) is 57.0 Å². The Kier molecular flexibility index (Phi) is 6.33. The van der Waals surface area contributed by atoms with E-state index in [0.717, 1.165) is 49.7 Å². The molecule has 2 N–H and O–H groups in total. The highest BCUT2D eigenvalue weighted by Gasteiger charge is 2.22. The van der Waals surface area contributed by atoms with Gasteiger partial charge in [0, 0.05) is 44.5 Å². The molecule has 0 radical (unpaired) electrons. The molecule has 6 nitrogen and oxygen atoms in total. The number of nitrogens with one attached hydrogen (secondary N) is 2.